The number of non-ortho nitro benzene ring substituents is 2. The Kier molecular flexibility index (Phi) is 20.9. The number of nitrogens with two attached hydrogens (primary N) is 6. The molecule has 0 fully saturated rings. The average molecular weight is 881 g/mol. The molecule has 0 saturated carbocycles. The van der Waals surface area contributed by atoms with Crippen molar-refractivity contribution < 1.29 is 76.8 Å². The standard InChI is InChI=1S/C34H44N10O18/c35-23(29(47)57-13-25(37)31(49)59-15-27(39)33(51)61-41-17-1-5-19(6-2-17)43(53)54)11-21(45)9-10-22(46)12-24(36)30(48)58-14-26(38)32(50)60-16-28(40)34(52)62-42-18-3-7-20(8-4-18)44(55)56/h1-8,23-28,41-42H,9-16,35-40H2. The summed E-state index contributed by atoms with van der Waals surface area (Å²) in [4.78, 5) is 127. The van der Waals surface area contributed by atoms with E-state index in [2.05, 4.69) is 11.0 Å². The van der Waals surface area contributed by atoms with Crippen molar-refractivity contribution in [1.29, 1.82) is 0 Å². The highest BCUT2D eigenvalue weighted by atomic mass is 16.7. The van der Waals surface area contributed by atoms with E-state index in [9.17, 15) is 58.6 Å². The van der Waals surface area contributed by atoms with Gasteiger partial charge in [-0.05, 0) is 24.3 Å². The van der Waals surface area contributed by atoms with Crippen molar-refractivity contribution in [2.45, 2.75) is 61.9 Å². The second-order valence-electron chi connectivity index (χ2n) is 12.8. The number of rotatable bonds is 27. The number of Topliss-reactive ketones (excluding diaryl/α,β-unsaturated/α-hetero) is 2. The van der Waals surface area contributed by atoms with Gasteiger partial charge in [0.2, 0.25) is 0 Å². The molecule has 0 radical (unpaired) electrons. The van der Waals surface area contributed by atoms with E-state index < -0.39 is 146 Å². The van der Waals surface area contributed by atoms with Crippen molar-refractivity contribution in [2.75, 3.05) is 37.4 Å². The van der Waals surface area contributed by atoms with Crippen molar-refractivity contribution in [3.8, 4) is 0 Å². The van der Waals surface area contributed by atoms with E-state index in [1.54, 1.807) is 0 Å². The Hall–Kier alpha value is -7.24. The normalized spacial score (nSPS) is 13.6. The van der Waals surface area contributed by atoms with Crippen LogP contribution in [0.15, 0.2) is 48.5 Å². The van der Waals surface area contributed by atoms with Gasteiger partial charge in [0.15, 0.2) is 0 Å². The molecule has 0 spiro atoms. The number of hydrogen-bond acceptors (Lipinski definition) is 26. The Morgan fingerprint density at radius 2 is 0.710 bits per heavy atom. The molecule has 0 heterocycles. The fraction of sp³-hybridized carbons (Fsp3) is 0.412. The molecule has 28 nitrogen and oxygen atoms in total. The molecule has 28 heteroatoms. The van der Waals surface area contributed by atoms with E-state index in [0.717, 1.165) is 24.3 Å². The molecule has 338 valence electrons. The number of hydrogen-bond donors (Lipinski definition) is 8. The number of nitro benzene ring substituents is 2. The molecule has 6 unspecified atom stereocenters. The first-order valence-electron chi connectivity index (χ1n) is 17.8. The molecule has 0 aliphatic carbocycles. The van der Waals surface area contributed by atoms with Crippen LogP contribution in [-0.2, 0) is 67.0 Å². The lowest BCUT2D eigenvalue weighted by molar-refractivity contribution is -0.385. The molecule has 2 rings (SSSR count). The predicted molar refractivity (Wildman–Crippen MR) is 206 cm³/mol. The summed E-state index contributed by atoms with van der Waals surface area (Å²) in [6.07, 6.45) is -1.97. The minimum absolute atomic E-state index is 0.181. The van der Waals surface area contributed by atoms with Gasteiger partial charge in [0, 0.05) is 49.9 Å². The van der Waals surface area contributed by atoms with E-state index in [-0.39, 0.29) is 22.7 Å². The third-order valence-electron chi connectivity index (χ3n) is 7.71. The van der Waals surface area contributed by atoms with Gasteiger partial charge in [0.05, 0.1) is 21.2 Å². The highest BCUT2D eigenvalue weighted by molar-refractivity contribution is 5.91. The minimum Gasteiger partial charge on any atom is -0.462 e. The second-order valence-corrected chi connectivity index (χ2v) is 12.8. The molecule has 0 saturated heterocycles. The summed E-state index contributed by atoms with van der Waals surface area (Å²) < 4.78 is 19.3. The lowest BCUT2D eigenvalue weighted by Gasteiger charge is -2.16. The molecular formula is C34H44N10O18. The van der Waals surface area contributed by atoms with Crippen LogP contribution in [0, 0.1) is 20.2 Å². The SMILES string of the molecule is NC(COC(=O)C(N)CC(=O)CCC(=O)CC(N)C(=O)OCC(N)C(=O)OCC(N)C(=O)ONc1ccc([N+](=O)[O-])cc1)C(=O)OCC(N)C(=O)ONc1ccc([N+](=O)[O-])cc1. The Morgan fingerprint density at radius 3 is 0.984 bits per heavy atom. The molecule has 6 atom stereocenters. The Bertz CT molecular complexity index is 1800. The van der Waals surface area contributed by atoms with Crippen molar-refractivity contribution in [1.82, 2.24) is 0 Å². The number of nitrogens with zero attached hydrogens (tertiary/aromatic N) is 2. The molecule has 0 aromatic heterocycles. The van der Waals surface area contributed by atoms with Gasteiger partial charge in [-0.15, -0.1) is 0 Å². The maximum absolute atomic E-state index is 12.3. The summed E-state index contributed by atoms with van der Waals surface area (Å²) in [6, 6.07) is 0.548. The van der Waals surface area contributed by atoms with Crippen molar-refractivity contribution in [3.63, 3.8) is 0 Å². The Labute approximate surface area is 349 Å². The van der Waals surface area contributed by atoms with Gasteiger partial charge < -0.3 is 63.0 Å². The van der Waals surface area contributed by atoms with Gasteiger partial charge in [0.1, 0.15) is 74.2 Å². The van der Waals surface area contributed by atoms with E-state index in [4.69, 9.17) is 63.0 Å². The maximum atomic E-state index is 12.3. The summed E-state index contributed by atoms with van der Waals surface area (Å²) in [5, 5.41) is 21.4. The Balaban J connectivity index is 1.61. The number of nitro groups is 2. The van der Waals surface area contributed by atoms with Crippen LogP contribution in [0.25, 0.3) is 0 Å². The highest BCUT2D eigenvalue weighted by Crippen LogP contribution is 2.16. The molecule has 0 aliphatic heterocycles. The first-order chi connectivity index (χ1) is 29.2. The van der Waals surface area contributed by atoms with Crippen LogP contribution in [0.5, 0.6) is 0 Å². The lowest BCUT2D eigenvalue weighted by Crippen LogP contribution is -2.44. The number of carbonyl (C=O) groups excluding carboxylic acids is 8. The van der Waals surface area contributed by atoms with E-state index >= 15 is 0 Å². The largest absolute Gasteiger partial charge is 0.462 e. The summed E-state index contributed by atoms with van der Waals surface area (Å²) in [6.45, 7) is -2.87. The second kappa shape index (κ2) is 25.4. The quantitative estimate of drug-likeness (QED) is 0.0189. The van der Waals surface area contributed by atoms with Crippen molar-refractivity contribution in [2.24, 2.45) is 34.4 Å². The summed E-state index contributed by atoms with van der Waals surface area (Å²) in [5.74, 6) is -7.95. The van der Waals surface area contributed by atoms with Gasteiger partial charge in [-0.1, -0.05) is 0 Å². The number of benzene rings is 2. The zero-order valence-corrected chi connectivity index (χ0v) is 32.4. The average Bonchev–Trinajstić information content (AvgIpc) is 3.25. The van der Waals surface area contributed by atoms with Crippen LogP contribution >= 0.6 is 0 Å². The number of nitrogens with one attached hydrogen (secondary N) is 2. The summed E-state index contributed by atoms with van der Waals surface area (Å²) in [7, 11) is 0. The van der Waals surface area contributed by atoms with Gasteiger partial charge in [-0.25, -0.2) is 20.5 Å². The van der Waals surface area contributed by atoms with Gasteiger partial charge >= 0.3 is 35.8 Å². The molecular weight excluding hydrogens is 836 g/mol. The first kappa shape index (κ1) is 50.9. The third kappa shape index (κ3) is 18.4. The van der Waals surface area contributed by atoms with E-state index in [0.29, 0.717) is 0 Å². The van der Waals surface area contributed by atoms with E-state index in [1.807, 2.05) is 0 Å². The number of carbonyl (C=O) groups is 8. The van der Waals surface area contributed by atoms with Gasteiger partial charge in [-0.2, -0.15) is 0 Å². The number of esters is 4. The predicted octanol–water partition coefficient (Wildman–Crippen LogP) is -3.22. The zero-order valence-electron chi connectivity index (χ0n) is 32.4. The van der Waals surface area contributed by atoms with Gasteiger partial charge in [0.25, 0.3) is 11.4 Å². The molecule has 62 heavy (non-hydrogen) atoms. The van der Waals surface area contributed by atoms with Crippen LogP contribution in [-0.4, -0.2) is 120 Å². The minimum atomic E-state index is -1.55. The van der Waals surface area contributed by atoms with E-state index in [1.165, 1.54) is 24.3 Å². The molecule has 0 aliphatic rings. The zero-order chi connectivity index (χ0) is 46.5. The fourth-order valence-electron chi connectivity index (χ4n) is 4.20. The topological polar surface area (TPSA) is 458 Å². The Morgan fingerprint density at radius 1 is 0.452 bits per heavy atom. The van der Waals surface area contributed by atoms with Crippen molar-refractivity contribution in [3.05, 3.63) is 68.8 Å². The highest BCUT2D eigenvalue weighted by Gasteiger charge is 2.27. The first-order valence-corrected chi connectivity index (χ1v) is 17.8. The monoisotopic (exact) mass is 880 g/mol. The summed E-state index contributed by atoms with van der Waals surface area (Å²) >= 11 is 0. The maximum Gasteiger partial charge on any atom is 0.352 e. The molecule has 0 amide bonds. The molecule has 2 aromatic rings. The van der Waals surface area contributed by atoms with Crippen LogP contribution in [0.4, 0.5) is 22.7 Å². The van der Waals surface area contributed by atoms with Gasteiger partial charge in [-0.3, -0.25) is 49.0 Å². The van der Waals surface area contributed by atoms with Crippen molar-refractivity contribution >= 4 is 70.1 Å². The number of ether oxygens (including phenoxy) is 4. The van der Waals surface area contributed by atoms with Crippen LogP contribution in [0.2, 0.25) is 0 Å². The fourth-order valence-corrected chi connectivity index (χ4v) is 4.20. The number of anilines is 2. The van der Waals surface area contributed by atoms with Crippen LogP contribution < -0.4 is 45.4 Å². The molecule has 14 N–H and O–H groups in total. The lowest BCUT2D eigenvalue weighted by atomic mass is 10.0. The smallest absolute Gasteiger partial charge is 0.352 e. The van der Waals surface area contributed by atoms with Crippen LogP contribution in [0.1, 0.15) is 25.7 Å². The van der Waals surface area contributed by atoms with Crippen LogP contribution in [0.3, 0.4) is 0 Å². The number of ketones is 2. The third-order valence-corrected chi connectivity index (χ3v) is 7.71. The molecule has 0 bridgehead atoms. The molecule has 2 aromatic carbocycles. The summed E-state index contributed by atoms with van der Waals surface area (Å²) in [5.41, 5.74) is 38.3.